The van der Waals surface area contributed by atoms with Gasteiger partial charge in [-0.1, -0.05) is 37.9 Å². The largest absolute Gasteiger partial charge is 0.352 e. The molecule has 0 bridgehead atoms. The van der Waals surface area contributed by atoms with E-state index in [4.69, 9.17) is 0 Å². The molecule has 3 rings (SSSR count). The van der Waals surface area contributed by atoms with Gasteiger partial charge in [0.25, 0.3) is 0 Å². The van der Waals surface area contributed by atoms with E-state index in [-0.39, 0.29) is 5.91 Å². The Balaban J connectivity index is 1.52. The Hall–Kier alpha value is -1.04. The Bertz CT molecular complexity index is 516. The highest BCUT2D eigenvalue weighted by Gasteiger charge is 2.23. The van der Waals surface area contributed by atoms with Crippen molar-refractivity contribution in [2.24, 2.45) is 5.92 Å². The number of hydrogen-bond acceptors (Lipinski definition) is 4. The van der Waals surface area contributed by atoms with Crippen molar-refractivity contribution in [2.75, 3.05) is 5.75 Å². The van der Waals surface area contributed by atoms with Gasteiger partial charge >= 0.3 is 0 Å². The number of nitrogens with one attached hydrogen (secondary N) is 1. The van der Waals surface area contributed by atoms with E-state index in [1.54, 1.807) is 0 Å². The van der Waals surface area contributed by atoms with Crippen LogP contribution in [0.25, 0.3) is 0 Å². The molecule has 0 radical (unpaired) electrons. The van der Waals surface area contributed by atoms with Crippen LogP contribution in [0.5, 0.6) is 0 Å². The molecule has 1 saturated carbocycles. The zero-order chi connectivity index (χ0) is 15.4. The average molecular weight is 322 g/mol. The second-order valence-electron chi connectivity index (χ2n) is 6.59. The minimum absolute atomic E-state index is 0.134. The van der Waals surface area contributed by atoms with E-state index in [0.717, 1.165) is 30.4 Å². The molecule has 122 valence electrons. The fourth-order valence-corrected chi connectivity index (χ4v) is 4.27. The fraction of sp³-hybridized carbons (Fsp3) is 0.812. The average Bonchev–Trinajstić information content (AvgIpc) is 2.75. The van der Waals surface area contributed by atoms with E-state index in [1.807, 2.05) is 0 Å². The maximum absolute atomic E-state index is 12.2. The molecular formula is C16H26N4OS. The zero-order valence-corrected chi connectivity index (χ0v) is 14.2. The number of carbonyl (C=O) groups is 1. The first kappa shape index (κ1) is 15.8. The van der Waals surface area contributed by atoms with Gasteiger partial charge in [-0.3, -0.25) is 4.79 Å². The van der Waals surface area contributed by atoms with Crippen LogP contribution in [0.3, 0.4) is 0 Å². The summed E-state index contributed by atoms with van der Waals surface area (Å²) < 4.78 is 2.20. The summed E-state index contributed by atoms with van der Waals surface area (Å²) in [6.07, 6.45) is 9.54. The Morgan fingerprint density at radius 3 is 2.95 bits per heavy atom. The predicted molar refractivity (Wildman–Crippen MR) is 87.9 cm³/mol. The molecule has 0 saturated heterocycles. The number of rotatable bonds is 4. The Labute approximate surface area is 136 Å². The van der Waals surface area contributed by atoms with Gasteiger partial charge in [-0.2, -0.15) is 0 Å². The van der Waals surface area contributed by atoms with Crippen molar-refractivity contribution in [1.82, 2.24) is 20.1 Å². The lowest BCUT2D eigenvalue weighted by atomic mass is 9.86. The van der Waals surface area contributed by atoms with Crippen LogP contribution in [0.2, 0.25) is 0 Å². The van der Waals surface area contributed by atoms with Crippen molar-refractivity contribution < 1.29 is 4.79 Å². The number of aromatic nitrogens is 3. The topological polar surface area (TPSA) is 59.8 Å². The molecule has 2 aliphatic rings. The highest BCUT2D eigenvalue weighted by Crippen LogP contribution is 2.25. The summed E-state index contributed by atoms with van der Waals surface area (Å²) in [6, 6.07) is 0.359. The second kappa shape index (κ2) is 7.49. The quantitative estimate of drug-likeness (QED) is 0.866. The third kappa shape index (κ3) is 3.83. The molecule has 1 N–H and O–H groups in total. The third-order valence-electron chi connectivity index (χ3n) is 4.87. The van der Waals surface area contributed by atoms with Crippen LogP contribution in [0.4, 0.5) is 0 Å². The highest BCUT2D eigenvalue weighted by molar-refractivity contribution is 7.99. The van der Waals surface area contributed by atoms with Gasteiger partial charge in [0.15, 0.2) is 5.16 Å². The van der Waals surface area contributed by atoms with Gasteiger partial charge in [0, 0.05) is 19.0 Å². The lowest BCUT2D eigenvalue weighted by molar-refractivity contribution is -0.119. The Kier molecular flexibility index (Phi) is 5.39. The molecule has 0 aromatic carbocycles. The van der Waals surface area contributed by atoms with Crippen LogP contribution in [-0.4, -0.2) is 32.5 Å². The number of aryl methyl sites for hydroxylation is 1. The molecule has 2 heterocycles. The van der Waals surface area contributed by atoms with E-state index < -0.39 is 0 Å². The fourth-order valence-electron chi connectivity index (χ4n) is 3.47. The van der Waals surface area contributed by atoms with Crippen molar-refractivity contribution in [3.8, 4) is 0 Å². The molecule has 0 spiro atoms. The lowest BCUT2D eigenvalue weighted by Gasteiger charge is -2.29. The van der Waals surface area contributed by atoms with Crippen LogP contribution < -0.4 is 5.32 Å². The number of amides is 1. The van der Waals surface area contributed by atoms with E-state index in [1.165, 1.54) is 50.3 Å². The maximum atomic E-state index is 12.2. The second-order valence-corrected chi connectivity index (χ2v) is 7.53. The van der Waals surface area contributed by atoms with Gasteiger partial charge in [-0.25, -0.2) is 0 Å². The van der Waals surface area contributed by atoms with Gasteiger partial charge in [-0.15, -0.1) is 10.2 Å². The number of thioether (sulfide) groups is 1. The summed E-state index contributed by atoms with van der Waals surface area (Å²) in [5, 5.41) is 12.7. The summed E-state index contributed by atoms with van der Waals surface area (Å²) in [5.41, 5.74) is 0. The SMILES string of the molecule is C[C@H]1CCCC[C@@H]1NC(=O)CSc1nnc2n1CCCCC2. The molecule has 1 aromatic heterocycles. The minimum atomic E-state index is 0.134. The van der Waals surface area contributed by atoms with Crippen LogP contribution >= 0.6 is 11.8 Å². The van der Waals surface area contributed by atoms with E-state index >= 15 is 0 Å². The number of hydrogen-bond donors (Lipinski definition) is 1. The van der Waals surface area contributed by atoms with Crippen LogP contribution in [-0.2, 0) is 17.8 Å². The van der Waals surface area contributed by atoms with E-state index in [0.29, 0.717) is 17.7 Å². The summed E-state index contributed by atoms with van der Waals surface area (Å²) in [5.74, 6) is 2.27. The maximum Gasteiger partial charge on any atom is 0.230 e. The number of fused-ring (bicyclic) bond motifs is 1. The molecule has 5 nitrogen and oxygen atoms in total. The van der Waals surface area contributed by atoms with Crippen molar-refractivity contribution in [1.29, 1.82) is 0 Å². The standard InChI is InChI=1S/C16H26N4OS/c1-12-7-4-5-8-13(12)17-15(21)11-22-16-19-18-14-9-3-2-6-10-20(14)16/h12-13H,2-11H2,1H3,(H,17,21)/t12-,13-/m0/s1. The van der Waals surface area contributed by atoms with Gasteiger partial charge in [-0.05, 0) is 31.6 Å². The van der Waals surface area contributed by atoms with E-state index in [2.05, 4.69) is 27.0 Å². The number of nitrogens with zero attached hydrogens (tertiary/aromatic N) is 3. The summed E-state index contributed by atoms with van der Waals surface area (Å²) in [7, 11) is 0. The molecule has 1 amide bonds. The van der Waals surface area contributed by atoms with Gasteiger partial charge in [0.2, 0.25) is 5.91 Å². The molecule has 1 aliphatic heterocycles. The van der Waals surface area contributed by atoms with Gasteiger partial charge in [0.05, 0.1) is 5.75 Å². The summed E-state index contributed by atoms with van der Waals surface area (Å²) in [4.78, 5) is 12.2. The van der Waals surface area contributed by atoms with E-state index in [9.17, 15) is 4.79 Å². The first-order chi connectivity index (χ1) is 10.7. The monoisotopic (exact) mass is 322 g/mol. The third-order valence-corrected chi connectivity index (χ3v) is 5.83. The normalized spacial score (nSPS) is 25.3. The molecule has 1 aromatic rings. The first-order valence-corrected chi connectivity index (χ1v) is 9.57. The molecule has 0 unspecified atom stereocenters. The van der Waals surface area contributed by atoms with Crippen molar-refractivity contribution in [2.45, 2.75) is 76.0 Å². The number of carbonyl (C=O) groups excluding carboxylic acids is 1. The first-order valence-electron chi connectivity index (χ1n) is 8.58. The van der Waals surface area contributed by atoms with Gasteiger partial charge < -0.3 is 9.88 Å². The molecule has 1 aliphatic carbocycles. The van der Waals surface area contributed by atoms with Gasteiger partial charge in [0.1, 0.15) is 5.82 Å². The van der Waals surface area contributed by atoms with Crippen LogP contribution in [0.15, 0.2) is 5.16 Å². The van der Waals surface area contributed by atoms with Crippen molar-refractivity contribution >= 4 is 17.7 Å². The summed E-state index contributed by atoms with van der Waals surface area (Å²) in [6.45, 7) is 3.24. The predicted octanol–water partition coefficient (Wildman–Crippen LogP) is 2.79. The van der Waals surface area contributed by atoms with Crippen LogP contribution in [0, 0.1) is 5.92 Å². The molecule has 2 atom stereocenters. The Morgan fingerprint density at radius 1 is 1.23 bits per heavy atom. The highest BCUT2D eigenvalue weighted by atomic mass is 32.2. The molecule has 6 heteroatoms. The minimum Gasteiger partial charge on any atom is -0.352 e. The Morgan fingerprint density at radius 2 is 2.09 bits per heavy atom. The van der Waals surface area contributed by atoms with Crippen LogP contribution in [0.1, 0.15) is 57.7 Å². The van der Waals surface area contributed by atoms with Crippen molar-refractivity contribution in [3.63, 3.8) is 0 Å². The molecule has 22 heavy (non-hydrogen) atoms. The van der Waals surface area contributed by atoms with Crippen molar-refractivity contribution in [3.05, 3.63) is 5.82 Å². The summed E-state index contributed by atoms with van der Waals surface area (Å²) >= 11 is 1.53. The molecular weight excluding hydrogens is 296 g/mol. The lowest BCUT2D eigenvalue weighted by Crippen LogP contribution is -2.41. The smallest absolute Gasteiger partial charge is 0.230 e. The zero-order valence-electron chi connectivity index (χ0n) is 13.4. The molecule has 1 fully saturated rings.